The fraction of sp³-hybridized carbons (Fsp3) is 0.0833. The van der Waals surface area contributed by atoms with Gasteiger partial charge in [-0.05, 0) is 12.1 Å². The van der Waals surface area contributed by atoms with Crippen LogP contribution < -0.4 is 0 Å². The Morgan fingerprint density at radius 1 is 1.18 bits per heavy atom. The second kappa shape index (κ2) is 3.82. The number of hydrogen-bond donors (Lipinski definition) is 0. The fourth-order valence-corrected chi connectivity index (χ4v) is 1.95. The minimum absolute atomic E-state index is 0.473. The Labute approximate surface area is 103 Å². The van der Waals surface area contributed by atoms with Crippen molar-refractivity contribution in [3.63, 3.8) is 0 Å². The van der Waals surface area contributed by atoms with Crippen molar-refractivity contribution in [1.82, 2.24) is 19.7 Å². The smallest absolute Gasteiger partial charge is 0.138 e. The highest BCUT2D eigenvalue weighted by Gasteiger charge is 2.05. The summed E-state index contributed by atoms with van der Waals surface area (Å²) in [5.41, 5.74) is 2.85. The van der Waals surface area contributed by atoms with E-state index in [2.05, 4.69) is 15.1 Å². The molecule has 0 saturated carbocycles. The van der Waals surface area contributed by atoms with E-state index in [1.165, 1.54) is 0 Å². The second-order valence-corrected chi connectivity index (χ2v) is 4.15. The largest absolute Gasteiger partial charge is 0.275 e. The molecule has 0 amide bonds. The van der Waals surface area contributed by atoms with Gasteiger partial charge in [-0.2, -0.15) is 5.10 Å². The molecule has 3 heterocycles. The number of pyridine rings is 2. The van der Waals surface area contributed by atoms with Crippen LogP contribution in [0, 0.1) is 0 Å². The van der Waals surface area contributed by atoms with Gasteiger partial charge in [0, 0.05) is 42.2 Å². The number of aromatic nitrogens is 4. The van der Waals surface area contributed by atoms with Gasteiger partial charge in [0.05, 0.1) is 11.7 Å². The number of hydrogen-bond acceptors (Lipinski definition) is 3. The Kier molecular flexibility index (Phi) is 2.30. The zero-order valence-electron chi connectivity index (χ0n) is 9.13. The predicted octanol–water partition coefficient (Wildman–Crippen LogP) is 2.68. The molecule has 0 bridgehead atoms. The molecule has 5 heteroatoms. The van der Waals surface area contributed by atoms with E-state index in [1.807, 2.05) is 31.6 Å². The lowest BCUT2D eigenvalue weighted by atomic mass is 10.1. The van der Waals surface area contributed by atoms with E-state index < -0.39 is 0 Å². The molecule has 0 aliphatic carbocycles. The van der Waals surface area contributed by atoms with Gasteiger partial charge < -0.3 is 0 Å². The Morgan fingerprint density at radius 3 is 2.82 bits per heavy atom. The van der Waals surface area contributed by atoms with Gasteiger partial charge in [-0.1, -0.05) is 11.6 Å². The van der Waals surface area contributed by atoms with E-state index in [1.54, 1.807) is 17.1 Å². The first-order valence-corrected chi connectivity index (χ1v) is 5.51. The molecule has 0 aliphatic rings. The molecule has 0 N–H and O–H groups in total. The lowest BCUT2D eigenvalue weighted by Gasteiger charge is -2.01. The van der Waals surface area contributed by atoms with E-state index >= 15 is 0 Å². The summed E-state index contributed by atoms with van der Waals surface area (Å²) < 4.78 is 1.75. The van der Waals surface area contributed by atoms with Crippen molar-refractivity contribution in [1.29, 1.82) is 0 Å². The maximum Gasteiger partial charge on any atom is 0.138 e. The van der Waals surface area contributed by atoms with Gasteiger partial charge in [-0.25, -0.2) is 4.98 Å². The zero-order valence-corrected chi connectivity index (χ0v) is 9.89. The van der Waals surface area contributed by atoms with Crippen molar-refractivity contribution in [2.45, 2.75) is 0 Å². The molecule has 84 valence electrons. The molecule has 0 atom stereocenters. The van der Waals surface area contributed by atoms with Gasteiger partial charge in [0.1, 0.15) is 5.15 Å². The topological polar surface area (TPSA) is 43.6 Å². The molecular weight excluding hydrogens is 236 g/mol. The van der Waals surface area contributed by atoms with Crippen molar-refractivity contribution in [3.05, 3.63) is 42.1 Å². The summed E-state index contributed by atoms with van der Waals surface area (Å²) in [5, 5.41) is 5.47. The van der Waals surface area contributed by atoms with E-state index in [0.717, 1.165) is 22.0 Å². The third-order valence-electron chi connectivity index (χ3n) is 2.60. The summed E-state index contributed by atoms with van der Waals surface area (Å²) in [5.74, 6) is 0. The molecule has 0 unspecified atom stereocenters. The SMILES string of the molecule is Cn1cc(-c2cnc3ccnc(Cl)c3c2)cn1. The van der Waals surface area contributed by atoms with Gasteiger partial charge in [-0.15, -0.1) is 0 Å². The van der Waals surface area contributed by atoms with Gasteiger partial charge in [0.15, 0.2) is 0 Å². The average Bonchev–Trinajstić information content (AvgIpc) is 2.76. The van der Waals surface area contributed by atoms with Gasteiger partial charge in [-0.3, -0.25) is 9.67 Å². The number of fused-ring (bicyclic) bond motifs is 1. The summed E-state index contributed by atoms with van der Waals surface area (Å²) in [7, 11) is 1.88. The summed E-state index contributed by atoms with van der Waals surface area (Å²) >= 11 is 6.05. The lowest BCUT2D eigenvalue weighted by Crippen LogP contribution is -1.85. The Morgan fingerprint density at radius 2 is 2.06 bits per heavy atom. The number of halogens is 1. The summed E-state index contributed by atoms with van der Waals surface area (Å²) in [6.45, 7) is 0. The number of aryl methyl sites for hydroxylation is 1. The van der Waals surface area contributed by atoms with Crippen molar-refractivity contribution < 1.29 is 0 Å². The van der Waals surface area contributed by atoms with Crippen molar-refractivity contribution in [3.8, 4) is 11.1 Å². The van der Waals surface area contributed by atoms with Crippen LogP contribution >= 0.6 is 11.6 Å². The standard InChI is InChI=1S/C12H9ClN4/c1-17-7-9(6-16-17)8-4-10-11(15-5-8)2-3-14-12(10)13/h2-7H,1H3. The molecule has 0 aromatic carbocycles. The third kappa shape index (κ3) is 1.76. The average molecular weight is 245 g/mol. The van der Waals surface area contributed by atoms with E-state index in [9.17, 15) is 0 Å². The van der Waals surface area contributed by atoms with Crippen LogP contribution in [0.2, 0.25) is 5.15 Å². The third-order valence-corrected chi connectivity index (χ3v) is 2.90. The minimum Gasteiger partial charge on any atom is -0.275 e. The maximum absolute atomic E-state index is 6.05. The first-order chi connectivity index (χ1) is 8.24. The molecule has 0 fully saturated rings. The van der Waals surface area contributed by atoms with Crippen LogP contribution in [0.1, 0.15) is 0 Å². The first-order valence-electron chi connectivity index (χ1n) is 5.13. The molecule has 3 aromatic rings. The van der Waals surface area contributed by atoms with Crippen LogP contribution in [0.15, 0.2) is 36.9 Å². The summed E-state index contributed by atoms with van der Waals surface area (Å²) in [4.78, 5) is 8.42. The predicted molar refractivity (Wildman–Crippen MR) is 66.8 cm³/mol. The molecule has 3 rings (SSSR count). The van der Waals surface area contributed by atoms with Crippen molar-refractivity contribution in [2.75, 3.05) is 0 Å². The summed E-state index contributed by atoms with van der Waals surface area (Å²) in [6.07, 6.45) is 7.21. The highest BCUT2D eigenvalue weighted by molar-refractivity contribution is 6.34. The van der Waals surface area contributed by atoms with Gasteiger partial charge >= 0.3 is 0 Å². The maximum atomic E-state index is 6.05. The van der Waals surface area contributed by atoms with Crippen LogP contribution in [-0.4, -0.2) is 19.7 Å². The van der Waals surface area contributed by atoms with Crippen LogP contribution in [0.25, 0.3) is 22.0 Å². The summed E-state index contributed by atoms with van der Waals surface area (Å²) in [6, 6.07) is 3.82. The van der Waals surface area contributed by atoms with E-state index in [4.69, 9.17) is 11.6 Å². The zero-order chi connectivity index (χ0) is 11.8. The number of nitrogens with zero attached hydrogens (tertiary/aromatic N) is 4. The Hall–Kier alpha value is -1.94. The van der Waals surface area contributed by atoms with Crippen LogP contribution in [0.5, 0.6) is 0 Å². The van der Waals surface area contributed by atoms with Crippen LogP contribution in [0.3, 0.4) is 0 Å². The minimum atomic E-state index is 0.473. The molecule has 0 saturated heterocycles. The highest BCUT2D eigenvalue weighted by atomic mass is 35.5. The van der Waals surface area contributed by atoms with Gasteiger partial charge in [0.25, 0.3) is 0 Å². The fourth-order valence-electron chi connectivity index (χ4n) is 1.74. The monoisotopic (exact) mass is 244 g/mol. The van der Waals surface area contributed by atoms with E-state index in [0.29, 0.717) is 5.15 Å². The van der Waals surface area contributed by atoms with Gasteiger partial charge in [0.2, 0.25) is 0 Å². The lowest BCUT2D eigenvalue weighted by molar-refractivity contribution is 0.768. The highest BCUT2D eigenvalue weighted by Crippen LogP contribution is 2.25. The van der Waals surface area contributed by atoms with Crippen LogP contribution in [-0.2, 0) is 7.05 Å². The molecule has 0 spiro atoms. The molecule has 0 radical (unpaired) electrons. The Bertz CT molecular complexity index is 690. The quantitative estimate of drug-likeness (QED) is 0.618. The van der Waals surface area contributed by atoms with Crippen molar-refractivity contribution in [2.24, 2.45) is 7.05 Å². The van der Waals surface area contributed by atoms with Crippen LogP contribution in [0.4, 0.5) is 0 Å². The molecule has 0 aliphatic heterocycles. The normalized spacial score (nSPS) is 10.9. The number of rotatable bonds is 1. The first kappa shape index (κ1) is 10.2. The Balaban J connectivity index is 2.22. The van der Waals surface area contributed by atoms with E-state index in [-0.39, 0.29) is 0 Å². The van der Waals surface area contributed by atoms with Crippen molar-refractivity contribution >= 4 is 22.5 Å². The second-order valence-electron chi connectivity index (χ2n) is 3.80. The molecule has 17 heavy (non-hydrogen) atoms. The molecule has 3 aromatic heterocycles. The molecule has 4 nitrogen and oxygen atoms in total. The molecular formula is C12H9ClN4.